The highest BCUT2D eigenvalue weighted by molar-refractivity contribution is 6.00. The number of unbranched alkanes of at least 4 members (excludes halogenated alkanes) is 3. The molecular formula is C34H38N2O5. The first-order valence-corrected chi connectivity index (χ1v) is 14.3. The summed E-state index contributed by atoms with van der Waals surface area (Å²) < 4.78 is 16.8. The van der Waals surface area contributed by atoms with Gasteiger partial charge in [0.15, 0.2) is 0 Å². The van der Waals surface area contributed by atoms with E-state index in [1.807, 2.05) is 86.6 Å². The molecule has 0 radical (unpaired) electrons. The zero-order chi connectivity index (χ0) is 28.7. The van der Waals surface area contributed by atoms with Gasteiger partial charge in [-0.15, -0.1) is 0 Å². The van der Waals surface area contributed by atoms with Crippen molar-refractivity contribution < 1.29 is 23.5 Å². The Labute approximate surface area is 242 Å². The van der Waals surface area contributed by atoms with Crippen LogP contribution in [0.5, 0.6) is 5.75 Å². The third-order valence-electron chi connectivity index (χ3n) is 6.58. The molecule has 4 aromatic rings. The lowest BCUT2D eigenvalue weighted by Crippen LogP contribution is -2.04. The molecule has 0 saturated heterocycles. The molecule has 1 aromatic heterocycles. The first-order chi connectivity index (χ1) is 20.1. The number of aryl methyl sites for hydroxylation is 1. The van der Waals surface area contributed by atoms with Crippen LogP contribution in [0.4, 0.5) is 0 Å². The van der Waals surface area contributed by atoms with E-state index >= 15 is 0 Å². The second kappa shape index (κ2) is 16.0. The van der Waals surface area contributed by atoms with Gasteiger partial charge in [0.25, 0.3) is 0 Å². The number of ether oxygens (including phenoxy) is 2. The molecule has 0 amide bonds. The SMILES string of the molecule is CCOC(=O)CCCCCC/C(=N\OCc1ccc(OCc2nc(-c3ccccc3)oc2C)cc1)c1ccccc1. The predicted octanol–water partition coefficient (Wildman–Crippen LogP) is 8.05. The van der Waals surface area contributed by atoms with Crippen molar-refractivity contribution in [3.63, 3.8) is 0 Å². The fraction of sp³-hybridized carbons (Fsp3) is 0.324. The molecule has 0 unspecified atom stereocenters. The maximum absolute atomic E-state index is 11.5. The van der Waals surface area contributed by atoms with Crippen LogP contribution < -0.4 is 4.74 Å². The molecule has 0 spiro atoms. The van der Waals surface area contributed by atoms with Crippen molar-refractivity contribution in [2.75, 3.05) is 6.61 Å². The lowest BCUT2D eigenvalue weighted by Gasteiger charge is -2.09. The molecule has 41 heavy (non-hydrogen) atoms. The number of oxazole rings is 1. The van der Waals surface area contributed by atoms with Gasteiger partial charge < -0.3 is 18.7 Å². The minimum absolute atomic E-state index is 0.116. The van der Waals surface area contributed by atoms with E-state index < -0.39 is 0 Å². The smallest absolute Gasteiger partial charge is 0.305 e. The number of carbonyl (C=O) groups is 1. The van der Waals surface area contributed by atoms with Gasteiger partial charge >= 0.3 is 5.97 Å². The summed E-state index contributed by atoms with van der Waals surface area (Å²) in [5.74, 6) is 1.97. The van der Waals surface area contributed by atoms with Crippen molar-refractivity contribution >= 4 is 11.7 Å². The molecule has 0 atom stereocenters. The minimum atomic E-state index is -0.116. The fourth-order valence-electron chi connectivity index (χ4n) is 4.31. The summed E-state index contributed by atoms with van der Waals surface area (Å²) in [6.45, 7) is 4.85. The number of oxime groups is 1. The Kier molecular flexibility index (Phi) is 11.6. The zero-order valence-electron chi connectivity index (χ0n) is 23.9. The van der Waals surface area contributed by atoms with E-state index in [-0.39, 0.29) is 5.97 Å². The number of aromatic nitrogens is 1. The topological polar surface area (TPSA) is 83.2 Å². The van der Waals surface area contributed by atoms with E-state index in [1.54, 1.807) is 0 Å². The van der Waals surface area contributed by atoms with Crippen LogP contribution in [-0.2, 0) is 27.6 Å². The molecule has 3 aromatic carbocycles. The number of carbonyl (C=O) groups excluding carboxylic acids is 1. The number of benzene rings is 3. The van der Waals surface area contributed by atoms with Crippen molar-refractivity contribution in [2.45, 2.75) is 65.6 Å². The highest BCUT2D eigenvalue weighted by Gasteiger charge is 2.12. The minimum Gasteiger partial charge on any atom is -0.487 e. The molecule has 4 rings (SSSR count). The Morgan fingerprint density at radius 2 is 1.51 bits per heavy atom. The summed E-state index contributed by atoms with van der Waals surface area (Å²) in [6, 6.07) is 27.7. The molecule has 0 N–H and O–H groups in total. The van der Waals surface area contributed by atoms with Gasteiger partial charge in [-0.05, 0) is 68.5 Å². The number of nitrogens with zero attached hydrogens (tertiary/aromatic N) is 2. The number of esters is 1. The highest BCUT2D eigenvalue weighted by atomic mass is 16.6. The molecule has 0 aliphatic carbocycles. The van der Waals surface area contributed by atoms with Crippen LogP contribution in [0, 0.1) is 6.92 Å². The predicted molar refractivity (Wildman–Crippen MR) is 160 cm³/mol. The van der Waals surface area contributed by atoms with Gasteiger partial charge in [-0.25, -0.2) is 4.98 Å². The Morgan fingerprint density at radius 3 is 2.22 bits per heavy atom. The zero-order valence-corrected chi connectivity index (χ0v) is 23.9. The maximum atomic E-state index is 11.5. The van der Waals surface area contributed by atoms with Crippen molar-refractivity contribution in [1.82, 2.24) is 4.98 Å². The molecule has 0 aliphatic rings. The van der Waals surface area contributed by atoms with E-state index in [1.165, 1.54) is 0 Å². The number of hydrogen-bond donors (Lipinski definition) is 0. The van der Waals surface area contributed by atoms with Crippen LogP contribution in [0.3, 0.4) is 0 Å². The van der Waals surface area contributed by atoms with E-state index in [2.05, 4.69) is 22.3 Å². The first kappa shape index (κ1) is 29.6. The van der Waals surface area contributed by atoms with Gasteiger partial charge in [0.2, 0.25) is 5.89 Å². The van der Waals surface area contributed by atoms with Gasteiger partial charge in [-0.1, -0.05) is 78.7 Å². The summed E-state index contributed by atoms with van der Waals surface area (Å²) in [4.78, 5) is 21.9. The van der Waals surface area contributed by atoms with Gasteiger partial charge in [-0.3, -0.25) is 4.79 Å². The van der Waals surface area contributed by atoms with E-state index in [9.17, 15) is 4.79 Å². The molecular weight excluding hydrogens is 516 g/mol. The first-order valence-electron chi connectivity index (χ1n) is 14.3. The maximum Gasteiger partial charge on any atom is 0.305 e. The molecule has 214 valence electrons. The third kappa shape index (κ3) is 9.64. The Morgan fingerprint density at radius 1 is 0.829 bits per heavy atom. The normalized spacial score (nSPS) is 11.3. The average molecular weight is 555 g/mol. The largest absolute Gasteiger partial charge is 0.487 e. The number of rotatable bonds is 16. The highest BCUT2D eigenvalue weighted by Crippen LogP contribution is 2.23. The summed E-state index contributed by atoms with van der Waals surface area (Å²) in [5.41, 5.74) is 4.69. The Balaban J connectivity index is 1.25. The number of hydrogen-bond acceptors (Lipinski definition) is 7. The third-order valence-corrected chi connectivity index (χ3v) is 6.58. The van der Waals surface area contributed by atoms with Crippen LogP contribution in [0.25, 0.3) is 11.5 Å². The molecule has 1 heterocycles. The second-order valence-corrected chi connectivity index (χ2v) is 9.72. The molecule has 7 heteroatoms. The van der Waals surface area contributed by atoms with E-state index in [0.717, 1.165) is 71.7 Å². The van der Waals surface area contributed by atoms with Crippen molar-refractivity contribution in [1.29, 1.82) is 0 Å². The monoisotopic (exact) mass is 554 g/mol. The molecule has 0 saturated carbocycles. The summed E-state index contributed by atoms with van der Waals surface area (Å²) >= 11 is 0. The summed E-state index contributed by atoms with van der Waals surface area (Å²) in [7, 11) is 0. The van der Waals surface area contributed by atoms with Crippen molar-refractivity contribution in [3.05, 3.63) is 108 Å². The standard InChI is InChI=1S/C34H38N2O5/c1-3-38-33(37)19-13-5-4-12-18-31(28-14-8-6-9-15-28)36-40-24-27-20-22-30(23-21-27)39-25-32-26(2)41-34(35-32)29-16-10-7-11-17-29/h6-11,14-17,20-23H,3-5,12-13,18-19,24-25H2,1-2H3/b36-31+. The fourth-order valence-corrected chi connectivity index (χ4v) is 4.31. The van der Waals surface area contributed by atoms with Crippen LogP contribution in [0.15, 0.2) is 94.5 Å². The second-order valence-electron chi connectivity index (χ2n) is 9.72. The van der Waals surface area contributed by atoms with Crippen LogP contribution >= 0.6 is 0 Å². The van der Waals surface area contributed by atoms with E-state index in [4.69, 9.17) is 18.7 Å². The molecule has 7 nitrogen and oxygen atoms in total. The van der Waals surface area contributed by atoms with Crippen molar-refractivity contribution in [3.8, 4) is 17.2 Å². The van der Waals surface area contributed by atoms with Crippen LogP contribution in [0.1, 0.15) is 68.0 Å². The van der Waals surface area contributed by atoms with Crippen LogP contribution in [0.2, 0.25) is 0 Å². The Bertz CT molecular complexity index is 1370. The lowest BCUT2D eigenvalue weighted by atomic mass is 10.0. The quantitative estimate of drug-likeness (QED) is 0.0603. The van der Waals surface area contributed by atoms with Gasteiger partial charge in [-0.2, -0.15) is 0 Å². The van der Waals surface area contributed by atoms with Crippen LogP contribution in [-0.4, -0.2) is 23.3 Å². The van der Waals surface area contributed by atoms with E-state index in [0.29, 0.717) is 32.1 Å². The van der Waals surface area contributed by atoms with Gasteiger partial charge in [0.05, 0.1) is 12.3 Å². The summed E-state index contributed by atoms with van der Waals surface area (Å²) in [5, 5.41) is 4.49. The molecule has 0 aliphatic heterocycles. The Hall–Kier alpha value is -4.39. The van der Waals surface area contributed by atoms with Gasteiger partial charge in [0.1, 0.15) is 30.4 Å². The molecule has 0 fully saturated rings. The average Bonchev–Trinajstić information content (AvgIpc) is 3.38. The van der Waals surface area contributed by atoms with Gasteiger partial charge in [0, 0.05) is 12.0 Å². The molecule has 0 bridgehead atoms. The van der Waals surface area contributed by atoms with Crippen molar-refractivity contribution in [2.24, 2.45) is 5.16 Å². The lowest BCUT2D eigenvalue weighted by molar-refractivity contribution is -0.143. The summed E-state index contributed by atoms with van der Waals surface area (Å²) in [6.07, 6.45) is 5.12.